The van der Waals surface area contributed by atoms with Crippen molar-refractivity contribution >= 4 is 29.1 Å². The first-order valence-corrected chi connectivity index (χ1v) is 9.84. The number of aryl methyl sites for hydroxylation is 1. The van der Waals surface area contributed by atoms with Crippen LogP contribution in [0.5, 0.6) is 0 Å². The van der Waals surface area contributed by atoms with E-state index in [1.165, 1.54) is 16.7 Å². The molecule has 0 aliphatic carbocycles. The van der Waals surface area contributed by atoms with Crippen molar-refractivity contribution in [3.05, 3.63) is 70.6 Å². The summed E-state index contributed by atoms with van der Waals surface area (Å²) in [6.07, 6.45) is 2.91. The molecule has 0 unspecified atom stereocenters. The molecule has 0 atom stereocenters. The van der Waals surface area contributed by atoms with E-state index in [4.69, 9.17) is 0 Å². The van der Waals surface area contributed by atoms with Crippen LogP contribution in [0, 0.1) is 6.92 Å². The Morgan fingerprint density at radius 1 is 0.885 bits per heavy atom. The molecule has 0 aromatic heterocycles. The van der Waals surface area contributed by atoms with Gasteiger partial charge in [0.15, 0.2) is 0 Å². The molecule has 0 bridgehead atoms. The van der Waals surface area contributed by atoms with Crippen molar-refractivity contribution in [3.8, 4) is 0 Å². The molecule has 0 N–H and O–H groups in total. The minimum absolute atomic E-state index is 0.171. The van der Waals surface area contributed by atoms with Gasteiger partial charge < -0.3 is 0 Å². The van der Waals surface area contributed by atoms with Gasteiger partial charge in [0.25, 0.3) is 11.8 Å². The SMILES string of the molecule is CCCCCN1C(=O)C(Sc2ccccc2)=C(c2ccc(C)cc2)C1=O. The summed E-state index contributed by atoms with van der Waals surface area (Å²) < 4.78 is 0. The Bertz CT molecular complexity index is 825. The Labute approximate surface area is 159 Å². The number of benzene rings is 2. The van der Waals surface area contributed by atoms with Gasteiger partial charge in [-0.3, -0.25) is 14.5 Å². The number of thioether (sulfide) groups is 1. The summed E-state index contributed by atoms with van der Waals surface area (Å²) in [7, 11) is 0. The van der Waals surface area contributed by atoms with Crippen LogP contribution in [-0.2, 0) is 9.59 Å². The van der Waals surface area contributed by atoms with Crippen molar-refractivity contribution in [2.75, 3.05) is 6.54 Å². The zero-order valence-corrected chi connectivity index (χ0v) is 16.0. The summed E-state index contributed by atoms with van der Waals surface area (Å²) in [6, 6.07) is 17.6. The summed E-state index contributed by atoms with van der Waals surface area (Å²) >= 11 is 1.38. The van der Waals surface area contributed by atoms with Gasteiger partial charge in [0.05, 0.1) is 10.5 Å². The van der Waals surface area contributed by atoms with Crippen molar-refractivity contribution in [1.82, 2.24) is 4.90 Å². The van der Waals surface area contributed by atoms with E-state index in [2.05, 4.69) is 6.92 Å². The molecule has 26 heavy (non-hydrogen) atoms. The number of hydrogen-bond donors (Lipinski definition) is 0. The Morgan fingerprint density at radius 3 is 2.23 bits per heavy atom. The Balaban J connectivity index is 1.97. The maximum Gasteiger partial charge on any atom is 0.268 e. The number of unbranched alkanes of at least 4 members (excludes halogenated alkanes) is 2. The van der Waals surface area contributed by atoms with Gasteiger partial charge in [-0.2, -0.15) is 0 Å². The minimum atomic E-state index is -0.173. The van der Waals surface area contributed by atoms with Crippen LogP contribution >= 0.6 is 11.8 Å². The van der Waals surface area contributed by atoms with E-state index in [0.717, 1.165) is 35.3 Å². The molecule has 2 aromatic rings. The normalized spacial score (nSPS) is 14.5. The molecule has 0 spiro atoms. The molecular weight excluding hydrogens is 342 g/mol. The van der Waals surface area contributed by atoms with Crippen molar-refractivity contribution in [3.63, 3.8) is 0 Å². The number of amides is 2. The van der Waals surface area contributed by atoms with Gasteiger partial charge in [0.2, 0.25) is 0 Å². The third-order valence-electron chi connectivity index (χ3n) is 4.41. The lowest BCUT2D eigenvalue weighted by molar-refractivity contribution is -0.136. The van der Waals surface area contributed by atoms with Gasteiger partial charge in [0, 0.05) is 11.4 Å². The second kappa shape index (κ2) is 8.37. The fourth-order valence-corrected chi connectivity index (χ4v) is 3.99. The molecule has 3 rings (SSSR count). The van der Waals surface area contributed by atoms with Gasteiger partial charge in [0.1, 0.15) is 0 Å². The van der Waals surface area contributed by atoms with Crippen LogP contribution in [0.4, 0.5) is 0 Å². The average molecular weight is 365 g/mol. The van der Waals surface area contributed by atoms with E-state index >= 15 is 0 Å². The second-order valence-corrected chi connectivity index (χ2v) is 7.54. The second-order valence-electron chi connectivity index (χ2n) is 6.45. The molecule has 2 amide bonds. The highest BCUT2D eigenvalue weighted by Gasteiger charge is 2.38. The largest absolute Gasteiger partial charge is 0.274 e. The van der Waals surface area contributed by atoms with Crippen LogP contribution in [-0.4, -0.2) is 23.3 Å². The number of carbonyl (C=O) groups excluding carboxylic acids is 2. The smallest absolute Gasteiger partial charge is 0.268 e. The summed E-state index contributed by atoms with van der Waals surface area (Å²) in [6.45, 7) is 4.61. The van der Waals surface area contributed by atoms with Gasteiger partial charge in [-0.25, -0.2) is 0 Å². The van der Waals surface area contributed by atoms with E-state index in [1.54, 1.807) is 0 Å². The number of hydrogen-bond acceptors (Lipinski definition) is 3. The number of imide groups is 1. The fourth-order valence-electron chi connectivity index (χ4n) is 2.95. The van der Waals surface area contributed by atoms with Crippen LogP contribution in [0.25, 0.3) is 5.57 Å². The highest BCUT2D eigenvalue weighted by molar-refractivity contribution is 8.04. The highest BCUT2D eigenvalue weighted by Crippen LogP contribution is 2.39. The molecule has 4 heteroatoms. The fraction of sp³-hybridized carbons (Fsp3) is 0.273. The molecule has 0 saturated carbocycles. The topological polar surface area (TPSA) is 37.4 Å². The molecule has 1 aliphatic heterocycles. The Morgan fingerprint density at radius 2 is 1.58 bits per heavy atom. The molecule has 2 aromatic carbocycles. The molecule has 0 radical (unpaired) electrons. The first-order chi connectivity index (χ1) is 12.6. The molecular formula is C22H23NO2S. The quantitative estimate of drug-likeness (QED) is 0.508. The summed E-state index contributed by atoms with van der Waals surface area (Å²) in [4.78, 5) is 28.9. The van der Waals surface area contributed by atoms with Crippen LogP contribution in [0.1, 0.15) is 37.3 Å². The summed E-state index contributed by atoms with van der Waals surface area (Å²) in [5.74, 6) is -0.344. The Hall–Kier alpha value is -2.33. The monoisotopic (exact) mass is 365 g/mol. The van der Waals surface area contributed by atoms with Crippen molar-refractivity contribution in [2.45, 2.75) is 38.0 Å². The number of carbonyl (C=O) groups is 2. The summed E-state index contributed by atoms with van der Waals surface area (Å²) in [5.41, 5.74) is 2.47. The van der Waals surface area contributed by atoms with Crippen LogP contribution in [0.2, 0.25) is 0 Å². The van der Waals surface area contributed by atoms with E-state index in [0.29, 0.717) is 17.0 Å². The maximum atomic E-state index is 13.0. The van der Waals surface area contributed by atoms with Gasteiger partial charge in [-0.05, 0) is 31.0 Å². The zero-order valence-electron chi connectivity index (χ0n) is 15.2. The van der Waals surface area contributed by atoms with E-state index in [1.807, 2.05) is 61.5 Å². The first-order valence-electron chi connectivity index (χ1n) is 9.02. The van der Waals surface area contributed by atoms with Gasteiger partial charge in [-0.15, -0.1) is 0 Å². The van der Waals surface area contributed by atoms with Crippen LogP contribution < -0.4 is 0 Å². The number of nitrogens with zero attached hydrogens (tertiary/aromatic N) is 1. The van der Waals surface area contributed by atoms with Gasteiger partial charge >= 0.3 is 0 Å². The molecule has 1 aliphatic rings. The molecule has 134 valence electrons. The molecule has 0 fully saturated rings. The van der Waals surface area contributed by atoms with Crippen molar-refractivity contribution in [2.24, 2.45) is 0 Å². The lowest BCUT2D eigenvalue weighted by Gasteiger charge is -2.14. The predicted molar refractivity (Wildman–Crippen MR) is 107 cm³/mol. The third-order valence-corrected chi connectivity index (χ3v) is 5.50. The minimum Gasteiger partial charge on any atom is -0.274 e. The average Bonchev–Trinajstić information content (AvgIpc) is 2.88. The first kappa shape index (κ1) is 18.5. The molecule has 0 saturated heterocycles. The van der Waals surface area contributed by atoms with E-state index in [-0.39, 0.29) is 11.8 Å². The maximum absolute atomic E-state index is 13.0. The third kappa shape index (κ3) is 3.91. The zero-order chi connectivity index (χ0) is 18.5. The molecule has 3 nitrogen and oxygen atoms in total. The number of rotatable bonds is 7. The molecule has 1 heterocycles. The highest BCUT2D eigenvalue weighted by atomic mass is 32.2. The van der Waals surface area contributed by atoms with Crippen molar-refractivity contribution < 1.29 is 9.59 Å². The van der Waals surface area contributed by atoms with Gasteiger partial charge in [-0.1, -0.05) is 79.6 Å². The van der Waals surface area contributed by atoms with Crippen molar-refractivity contribution in [1.29, 1.82) is 0 Å². The standard InChI is InChI=1S/C22H23NO2S/c1-3-4-8-15-23-21(24)19(17-13-11-16(2)12-14-17)20(22(23)25)26-18-9-6-5-7-10-18/h5-7,9-14H,3-4,8,15H2,1-2H3. The lowest BCUT2D eigenvalue weighted by atomic mass is 10.0. The lowest BCUT2D eigenvalue weighted by Crippen LogP contribution is -2.32. The predicted octanol–water partition coefficient (Wildman–Crippen LogP) is 5.06. The summed E-state index contributed by atoms with van der Waals surface area (Å²) in [5, 5.41) is 0. The van der Waals surface area contributed by atoms with Crippen LogP contribution in [0.3, 0.4) is 0 Å². The Kier molecular flexibility index (Phi) is 5.94. The van der Waals surface area contributed by atoms with E-state index < -0.39 is 0 Å². The van der Waals surface area contributed by atoms with Crippen LogP contribution in [0.15, 0.2) is 64.4 Å². The van der Waals surface area contributed by atoms with E-state index in [9.17, 15) is 9.59 Å².